The zero-order chi connectivity index (χ0) is 25.2. The van der Waals surface area contributed by atoms with Crippen LogP contribution in [0.1, 0.15) is 28.1 Å². The molecular weight excluding hydrogens is 495 g/mol. The van der Waals surface area contributed by atoms with Crippen molar-refractivity contribution in [3.05, 3.63) is 80.6 Å². The van der Waals surface area contributed by atoms with Crippen molar-refractivity contribution in [3.8, 4) is 5.69 Å². The van der Waals surface area contributed by atoms with Crippen LogP contribution in [0.25, 0.3) is 5.69 Å². The van der Waals surface area contributed by atoms with Crippen molar-refractivity contribution in [2.45, 2.75) is 27.7 Å². The molecule has 0 bridgehead atoms. The van der Waals surface area contributed by atoms with Crippen LogP contribution < -0.4 is 9.73 Å². The molecule has 0 aliphatic carbocycles. The van der Waals surface area contributed by atoms with E-state index in [1.165, 1.54) is 6.21 Å². The predicted octanol–water partition coefficient (Wildman–Crippen LogP) is 4.93. The third kappa shape index (κ3) is 6.00. The van der Waals surface area contributed by atoms with Gasteiger partial charge >= 0.3 is 0 Å². The highest BCUT2D eigenvalue weighted by Crippen LogP contribution is 2.26. The smallest absolute Gasteiger partial charge is 0.260 e. The number of hydrazone groups is 1. The average molecular weight is 521 g/mol. The maximum Gasteiger partial charge on any atom is 0.260 e. The summed E-state index contributed by atoms with van der Waals surface area (Å²) >= 11 is 12.3. The number of carbonyl (C=O) groups is 1. The monoisotopic (exact) mass is 520 g/mol. The zero-order valence-corrected chi connectivity index (χ0v) is 21.9. The highest BCUT2D eigenvalue weighted by atomic mass is 35.5. The van der Waals surface area contributed by atoms with Gasteiger partial charge < -0.3 is 4.57 Å². The number of nitrogens with zero attached hydrogens (tertiary/aromatic N) is 3. The second kappa shape index (κ2) is 10.2. The van der Waals surface area contributed by atoms with E-state index in [0.717, 1.165) is 44.3 Å². The SMILES string of the molecule is Cc1ccc(C)c(N(CC(=O)N/N=C\c2cc(C)n(-c3cc(Cl)cc(Cl)c3)c2C)S(C)(=O)=O)c1. The first-order valence-corrected chi connectivity index (χ1v) is 13.0. The van der Waals surface area contributed by atoms with Crippen molar-refractivity contribution < 1.29 is 13.2 Å². The van der Waals surface area contributed by atoms with Crippen molar-refractivity contribution in [1.29, 1.82) is 0 Å². The Balaban J connectivity index is 1.79. The fourth-order valence-corrected chi connectivity index (χ4v) is 5.11. The lowest BCUT2D eigenvalue weighted by Gasteiger charge is -2.23. The summed E-state index contributed by atoms with van der Waals surface area (Å²) in [5.74, 6) is -0.557. The molecule has 2 aromatic carbocycles. The normalized spacial score (nSPS) is 11.7. The minimum Gasteiger partial charge on any atom is -0.318 e. The molecule has 7 nitrogen and oxygen atoms in total. The molecule has 0 spiro atoms. The Bertz CT molecular complexity index is 1360. The number of sulfonamides is 1. The van der Waals surface area contributed by atoms with Gasteiger partial charge in [-0.3, -0.25) is 9.10 Å². The Labute approximate surface area is 210 Å². The van der Waals surface area contributed by atoms with Crippen molar-refractivity contribution in [1.82, 2.24) is 9.99 Å². The standard InChI is InChI=1S/C24H26Cl2N4O3S/c1-15-6-7-16(2)23(8-15)29(34(5,32)33)14-24(31)28-27-13-19-9-17(3)30(18(19)4)22-11-20(25)10-21(26)12-22/h6-13H,14H2,1-5H3,(H,28,31)/b27-13-. The first-order valence-electron chi connectivity index (χ1n) is 10.4. The Morgan fingerprint density at radius 2 is 1.71 bits per heavy atom. The van der Waals surface area contributed by atoms with Gasteiger partial charge in [0.05, 0.1) is 18.2 Å². The summed E-state index contributed by atoms with van der Waals surface area (Å²) < 4.78 is 27.8. The van der Waals surface area contributed by atoms with Crippen LogP contribution in [0.5, 0.6) is 0 Å². The summed E-state index contributed by atoms with van der Waals surface area (Å²) in [5.41, 5.74) is 7.93. The Morgan fingerprint density at radius 3 is 2.32 bits per heavy atom. The van der Waals surface area contributed by atoms with Gasteiger partial charge in [0.1, 0.15) is 6.54 Å². The molecular formula is C24H26Cl2N4O3S. The van der Waals surface area contributed by atoms with E-state index in [0.29, 0.717) is 15.7 Å². The number of anilines is 1. The summed E-state index contributed by atoms with van der Waals surface area (Å²) in [5, 5.41) is 5.09. The largest absolute Gasteiger partial charge is 0.318 e. The highest BCUT2D eigenvalue weighted by molar-refractivity contribution is 7.92. The van der Waals surface area contributed by atoms with E-state index in [-0.39, 0.29) is 6.54 Å². The third-order valence-corrected chi connectivity index (χ3v) is 6.85. The van der Waals surface area contributed by atoms with Gasteiger partial charge in [0, 0.05) is 32.7 Å². The molecule has 1 heterocycles. The second-order valence-corrected chi connectivity index (χ2v) is 10.9. The molecule has 1 N–H and O–H groups in total. The minimum atomic E-state index is -3.68. The number of hydrogen-bond acceptors (Lipinski definition) is 4. The number of benzene rings is 2. The van der Waals surface area contributed by atoms with Gasteiger partial charge in [-0.2, -0.15) is 5.10 Å². The van der Waals surface area contributed by atoms with Crippen molar-refractivity contribution in [2.75, 3.05) is 17.1 Å². The van der Waals surface area contributed by atoms with E-state index >= 15 is 0 Å². The van der Waals surface area contributed by atoms with Crippen LogP contribution in [-0.2, 0) is 14.8 Å². The number of hydrogen-bond donors (Lipinski definition) is 1. The van der Waals surface area contributed by atoms with E-state index in [1.54, 1.807) is 19.1 Å². The molecule has 3 rings (SSSR count). The molecule has 0 aliphatic heterocycles. The summed E-state index contributed by atoms with van der Waals surface area (Å²) in [6.45, 7) is 7.12. The molecule has 10 heteroatoms. The summed E-state index contributed by atoms with van der Waals surface area (Å²) in [6, 6.07) is 12.6. The number of amides is 1. The quantitative estimate of drug-likeness (QED) is 0.353. The number of rotatable bonds is 7. The molecule has 0 radical (unpaired) electrons. The van der Waals surface area contributed by atoms with E-state index in [9.17, 15) is 13.2 Å². The molecule has 34 heavy (non-hydrogen) atoms. The molecule has 1 amide bonds. The van der Waals surface area contributed by atoms with Crippen molar-refractivity contribution in [3.63, 3.8) is 0 Å². The van der Waals surface area contributed by atoms with E-state index in [2.05, 4.69) is 10.5 Å². The molecule has 1 aromatic heterocycles. The summed E-state index contributed by atoms with van der Waals surface area (Å²) in [6.07, 6.45) is 2.59. The lowest BCUT2D eigenvalue weighted by molar-refractivity contribution is -0.119. The fourth-order valence-electron chi connectivity index (χ4n) is 3.69. The maximum absolute atomic E-state index is 12.5. The van der Waals surface area contributed by atoms with Crippen LogP contribution in [0.3, 0.4) is 0 Å². The first kappa shape index (κ1) is 25.8. The third-order valence-electron chi connectivity index (χ3n) is 5.29. The lowest BCUT2D eigenvalue weighted by atomic mass is 10.1. The number of nitrogens with one attached hydrogen (secondary N) is 1. The van der Waals surface area contributed by atoms with Crippen molar-refractivity contribution >= 4 is 51.0 Å². The number of aryl methyl sites for hydroxylation is 3. The zero-order valence-electron chi connectivity index (χ0n) is 19.6. The number of carbonyl (C=O) groups excluding carboxylic acids is 1. The van der Waals surface area contributed by atoms with Gasteiger partial charge in [-0.25, -0.2) is 13.8 Å². The molecule has 3 aromatic rings. The Hall–Kier alpha value is -2.81. The molecule has 0 fully saturated rings. The lowest BCUT2D eigenvalue weighted by Crippen LogP contribution is -2.39. The molecule has 0 aliphatic rings. The molecule has 0 unspecified atom stereocenters. The second-order valence-electron chi connectivity index (χ2n) is 8.14. The number of aromatic nitrogens is 1. The van der Waals surface area contributed by atoms with Crippen LogP contribution >= 0.6 is 23.2 Å². The van der Waals surface area contributed by atoms with Gasteiger partial charge in [-0.15, -0.1) is 0 Å². The molecule has 180 valence electrons. The van der Waals surface area contributed by atoms with Crippen LogP contribution in [0.15, 0.2) is 47.6 Å². The molecule has 0 saturated carbocycles. The summed E-state index contributed by atoms with van der Waals surface area (Å²) in [7, 11) is -3.68. The van der Waals surface area contributed by atoms with E-state index < -0.39 is 15.9 Å². The van der Waals surface area contributed by atoms with Gasteiger partial charge in [-0.05, 0) is 69.2 Å². The van der Waals surface area contributed by atoms with Crippen LogP contribution in [0.2, 0.25) is 10.0 Å². The molecule has 0 atom stereocenters. The highest BCUT2D eigenvalue weighted by Gasteiger charge is 2.22. The fraction of sp³-hybridized carbons (Fsp3) is 0.250. The minimum absolute atomic E-state index is 0.388. The van der Waals surface area contributed by atoms with Crippen LogP contribution in [0, 0.1) is 27.7 Å². The summed E-state index contributed by atoms with van der Waals surface area (Å²) in [4.78, 5) is 12.5. The van der Waals surface area contributed by atoms with E-state index in [4.69, 9.17) is 23.2 Å². The average Bonchev–Trinajstić information content (AvgIpc) is 3.00. The van der Waals surface area contributed by atoms with Gasteiger partial charge in [-0.1, -0.05) is 35.3 Å². The first-order chi connectivity index (χ1) is 15.9. The van der Waals surface area contributed by atoms with Gasteiger partial charge in [0.2, 0.25) is 10.0 Å². The maximum atomic E-state index is 12.5. The van der Waals surface area contributed by atoms with Crippen molar-refractivity contribution in [2.24, 2.45) is 5.10 Å². The number of halogens is 2. The van der Waals surface area contributed by atoms with Crippen LogP contribution in [-0.4, -0.2) is 37.9 Å². The topological polar surface area (TPSA) is 83.8 Å². The predicted molar refractivity (Wildman–Crippen MR) is 139 cm³/mol. The Morgan fingerprint density at radius 1 is 1.06 bits per heavy atom. The molecule has 0 saturated heterocycles. The van der Waals surface area contributed by atoms with E-state index in [1.807, 2.05) is 55.7 Å². The van der Waals surface area contributed by atoms with Gasteiger partial charge in [0.15, 0.2) is 0 Å². The van der Waals surface area contributed by atoms with Crippen LogP contribution in [0.4, 0.5) is 5.69 Å². The van der Waals surface area contributed by atoms with Gasteiger partial charge in [0.25, 0.3) is 5.91 Å². The Kier molecular flexibility index (Phi) is 7.75.